The maximum absolute atomic E-state index is 11.0. The van der Waals surface area contributed by atoms with Crippen molar-refractivity contribution in [2.75, 3.05) is 23.1 Å². The molecule has 0 bridgehead atoms. The zero-order chi connectivity index (χ0) is 12.4. The number of hydrogen-bond donors (Lipinski definition) is 3. The molecule has 0 amide bonds. The van der Waals surface area contributed by atoms with Crippen LogP contribution in [0.2, 0.25) is 0 Å². The lowest BCUT2D eigenvalue weighted by molar-refractivity contribution is 0.555. The smallest absolute Gasteiger partial charge is 0.408 e. The third-order valence-corrected chi connectivity index (χ3v) is 3.24. The first-order valence-electron chi connectivity index (χ1n) is 5.28. The summed E-state index contributed by atoms with van der Waals surface area (Å²) in [6.07, 6.45) is 2.05. The SMILES string of the molecule is CSCC(C)Nc1cc2[nH]c(=O)oc2cc1N. The largest absolute Gasteiger partial charge is 0.417 e. The third-order valence-electron chi connectivity index (χ3n) is 2.41. The minimum absolute atomic E-state index is 0.309. The van der Waals surface area contributed by atoms with Crippen LogP contribution in [0.25, 0.3) is 11.1 Å². The van der Waals surface area contributed by atoms with Gasteiger partial charge in [-0.25, -0.2) is 4.79 Å². The van der Waals surface area contributed by atoms with E-state index in [9.17, 15) is 4.79 Å². The van der Waals surface area contributed by atoms with Crippen LogP contribution >= 0.6 is 11.8 Å². The molecule has 4 N–H and O–H groups in total. The van der Waals surface area contributed by atoms with Gasteiger partial charge in [-0.1, -0.05) is 0 Å². The number of aromatic nitrogens is 1. The van der Waals surface area contributed by atoms with Gasteiger partial charge in [-0.15, -0.1) is 0 Å². The first-order valence-corrected chi connectivity index (χ1v) is 6.67. The maximum Gasteiger partial charge on any atom is 0.417 e. The monoisotopic (exact) mass is 253 g/mol. The molecule has 0 aliphatic heterocycles. The summed E-state index contributed by atoms with van der Waals surface area (Å²) in [6.45, 7) is 2.08. The predicted molar refractivity (Wildman–Crippen MR) is 72.7 cm³/mol. The Morgan fingerprint density at radius 2 is 2.35 bits per heavy atom. The van der Waals surface area contributed by atoms with E-state index in [-0.39, 0.29) is 0 Å². The van der Waals surface area contributed by atoms with E-state index in [2.05, 4.69) is 23.5 Å². The number of H-pyrrole nitrogens is 1. The number of benzene rings is 1. The second-order valence-corrected chi connectivity index (χ2v) is 4.86. The van der Waals surface area contributed by atoms with Crippen LogP contribution in [0.15, 0.2) is 21.3 Å². The number of hydrogen-bond acceptors (Lipinski definition) is 5. The maximum atomic E-state index is 11.0. The molecule has 5 nitrogen and oxygen atoms in total. The van der Waals surface area contributed by atoms with E-state index < -0.39 is 5.76 Å². The Bertz CT molecular complexity index is 576. The van der Waals surface area contributed by atoms with Crippen molar-refractivity contribution in [2.45, 2.75) is 13.0 Å². The standard InChI is InChI=1S/C11H15N3O2S/c1-6(5-17-2)13-8-4-9-10(3-7(8)12)16-11(15)14-9/h3-4,6,13H,5,12H2,1-2H3,(H,14,15). The molecular formula is C11H15N3O2S. The lowest BCUT2D eigenvalue weighted by atomic mass is 10.2. The van der Waals surface area contributed by atoms with Gasteiger partial charge in [-0.3, -0.25) is 4.98 Å². The van der Waals surface area contributed by atoms with E-state index in [0.29, 0.717) is 22.8 Å². The molecule has 6 heteroatoms. The van der Waals surface area contributed by atoms with Crippen molar-refractivity contribution >= 4 is 34.2 Å². The van der Waals surface area contributed by atoms with Gasteiger partial charge in [0.05, 0.1) is 16.9 Å². The van der Waals surface area contributed by atoms with E-state index in [1.807, 2.05) is 0 Å². The molecule has 0 radical (unpaired) electrons. The second-order valence-electron chi connectivity index (χ2n) is 3.95. The molecule has 1 unspecified atom stereocenters. The van der Waals surface area contributed by atoms with E-state index in [1.54, 1.807) is 23.9 Å². The average Bonchev–Trinajstić information content (AvgIpc) is 2.58. The highest BCUT2D eigenvalue weighted by atomic mass is 32.2. The number of thioether (sulfide) groups is 1. The highest BCUT2D eigenvalue weighted by Crippen LogP contribution is 2.25. The molecule has 1 aromatic heterocycles. The molecule has 17 heavy (non-hydrogen) atoms. The van der Waals surface area contributed by atoms with Gasteiger partial charge in [0.25, 0.3) is 0 Å². The van der Waals surface area contributed by atoms with Crippen LogP contribution in [0.3, 0.4) is 0 Å². The molecule has 1 aromatic carbocycles. The number of nitrogen functional groups attached to an aromatic ring is 1. The Hall–Kier alpha value is -1.56. The molecule has 1 heterocycles. The van der Waals surface area contributed by atoms with Crippen molar-refractivity contribution < 1.29 is 4.42 Å². The molecular weight excluding hydrogens is 238 g/mol. The number of aromatic amines is 1. The normalized spacial score (nSPS) is 12.8. The molecule has 0 spiro atoms. The summed E-state index contributed by atoms with van der Waals surface area (Å²) in [7, 11) is 0. The first kappa shape index (κ1) is 11.9. The minimum Gasteiger partial charge on any atom is -0.408 e. The average molecular weight is 253 g/mol. The quantitative estimate of drug-likeness (QED) is 0.724. The highest BCUT2D eigenvalue weighted by Gasteiger charge is 2.08. The summed E-state index contributed by atoms with van der Waals surface area (Å²) >= 11 is 1.76. The molecule has 0 fully saturated rings. The van der Waals surface area contributed by atoms with Crippen molar-refractivity contribution in [3.05, 3.63) is 22.7 Å². The minimum atomic E-state index is -0.464. The van der Waals surface area contributed by atoms with Crippen LogP contribution in [0, 0.1) is 0 Å². The molecule has 0 saturated carbocycles. The van der Waals surface area contributed by atoms with Crippen LogP contribution in [-0.4, -0.2) is 23.0 Å². The van der Waals surface area contributed by atoms with Gasteiger partial charge in [0.15, 0.2) is 5.58 Å². The van der Waals surface area contributed by atoms with Crippen LogP contribution in [0.4, 0.5) is 11.4 Å². The fraction of sp³-hybridized carbons (Fsp3) is 0.364. The zero-order valence-electron chi connectivity index (χ0n) is 9.74. The van der Waals surface area contributed by atoms with Gasteiger partial charge in [0.2, 0.25) is 0 Å². The van der Waals surface area contributed by atoms with E-state index in [4.69, 9.17) is 10.2 Å². The molecule has 2 aromatic rings. The summed E-state index contributed by atoms with van der Waals surface area (Å²) in [4.78, 5) is 13.7. The van der Waals surface area contributed by atoms with Crippen LogP contribution in [0.5, 0.6) is 0 Å². The summed E-state index contributed by atoms with van der Waals surface area (Å²) in [5.74, 6) is 0.521. The van der Waals surface area contributed by atoms with Crippen molar-refractivity contribution in [1.29, 1.82) is 0 Å². The van der Waals surface area contributed by atoms with Crippen molar-refractivity contribution in [1.82, 2.24) is 4.98 Å². The van der Waals surface area contributed by atoms with E-state index >= 15 is 0 Å². The predicted octanol–water partition coefficient (Wildman–Crippen LogP) is 1.87. The number of nitrogens with two attached hydrogens (primary N) is 1. The van der Waals surface area contributed by atoms with Gasteiger partial charge in [0.1, 0.15) is 0 Å². The summed E-state index contributed by atoms with van der Waals surface area (Å²) < 4.78 is 4.93. The highest BCUT2D eigenvalue weighted by molar-refractivity contribution is 7.98. The lowest BCUT2D eigenvalue weighted by Crippen LogP contribution is -2.18. The lowest BCUT2D eigenvalue weighted by Gasteiger charge is -2.15. The van der Waals surface area contributed by atoms with Crippen LogP contribution in [0.1, 0.15) is 6.92 Å². The van der Waals surface area contributed by atoms with Crippen LogP contribution < -0.4 is 16.8 Å². The fourth-order valence-electron chi connectivity index (χ4n) is 1.70. The number of oxazole rings is 1. The molecule has 0 aliphatic rings. The van der Waals surface area contributed by atoms with Crippen molar-refractivity contribution in [3.63, 3.8) is 0 Å². The van der Waals surface area contributed by atoms with Gasteiger partial charge in [-0.2, -0.15) is 11.8 Å². The molecule has 2 rings (SSSR count). The number of fused-ring (bicyclic) bond motifs is 1. The summed E-state index contributed by atoms with van der Waals surface area (Å²) in [5, 5.41) is 3.30. The number of anilines is 2. The number of rotatable bonds is 4. The third kappa shape index (κ3) is 2.58. The fourth-order valence-corrected chi connectivity index (χ4v) is 2.28. The van der Waals surface area contributed by atoms with Gasteiger partial charge >= 0.3 is 5.76 Å². The molecule has 0 saturated heterocycles. The Morgan fingerprint density at radius 1 is 1.59 bits per heavy atom. The molecule has 1 atom stereocenters. The van der Waals surface area contributed by atoms with Gasteiger partial charge in [-0.05, 0) is 19.2 Å². The molecule has 92 valence electrons. The second kappa shape index (κ2) is 4.75. The van der Waals surface area contributed by atoms with Crippen molar-refractivity contribution in [2.24, 2.45) is 0 Å². The Balaban J connectivity index is 2.33. The summed E-state index contributed by atoms with van der Waals surface area (Å²) in [6, 6.07) is 3.76. The zero-order valence-corrected chi connectivity index (χ0v) is 10.6. The number of nitrogens with one attached hydrogen (secondary N) is 2. The van der Waals surface area contributed by atoms with E-state index in [0.717, 1.165) is 11.4 Å². The summed E-state index contributed by atoms with van der Waals surface area (Å²) in [5.41, 5.74) is 8.43. The first-order chi connectivity index (χ1) is 8.10. The Morgan fingerprint density at radius 3 is 3.06 bits per heavy atom. The molecule has 0 aliphatic carbocycles. The van der Waals surface area contributed by atoms with E-state index in [1.165, 1.54) is 0 Å². The van der Waals surface area contributed by atoms with Crippen LogP contribution in [-0.2, 0) is 0 Å². The topological polar surface area (TPSA) is 84.0 Å². The van der Waals surface area contributed by atoms with Gasteiger partial charge < -0.3 is 15.5 Å². The Kier molecular flexibility index (Phi) is 3.33. The Labute approximate surface area is 103 Å². The van der Waals surface area contributed by atoms with Crippen molar-refractivity contribution in [3.8, 4) is 0 Å². The van der Waals surface area contributed by atoms with Gasteiger partial charge in [0, 0.05) is 17.9 Å².